The molecule has 0 spiro atoms. The van der Waals surface area contributed by atoms with Gasteiger partial charge in [0, 0.05) is 21.9 Å². The van der Waals surface area contributed by atoms with Gasteiger partial charge in [-0.25, -0.2) is 4.79 Å². The van der Waals surface area contributed by atoms with E-state index in [4.69, 9.17) is 26.4 Å². The molecule has 0 bridgehead atoms. The van der Waals surface area contributed by atoms with Crippen LogP contribution in [0.1, 0.15) is 20.8 Å². The van der Waals surface area contributed by atoms with Gasteiger partial charge in [0.05, 0.1) is 37.0 Å². The second-order valence-corrected chi connectivity index (χ2v) is 9.53. The number of thiocarbonyl (C=S) groups is 1. The largest absolute Gasteiger partial charge is 0.486 e. The molecule has 2 aromatic carbocycles. The van der Waals surface area contributed by atoms with Crippen LogP contribution in [0, 0.1) is 0 Å². The molecule has 8 nitrogen and oxygen atoms in total. The number of esters is 1. The Labute approximate surface area is 216 Å². The summed E-state index contributed by atoms with van der Waals surface area (Å²) in [5.74, 6) is 0.802. The minimum Gasteiger partial charge on any atom is -0.486 e. The first-order valence-corrected chi connectivity index (χ1v) is 12.5. The number of carbonyl (C=O) groups excluding carboxylic acids is 1. The molecule has 184 valence electrons. The third-order valence-electron chi connectivity index (χ3n) is 5.73. The molecular formula is C26H23N3O5S2. The van der Waals surface area contributed by atoms with Crippen LogP contribution >= 0.6 is 23.6 Å². The zero-order valence-electron chi connectivity index (χ0n) is 19.4. The topological polar surface area (TPSA) is 92.9 Å². The van der Waals surface area contributed by atoms with Gasteiger partial charge in [-0.1, -0.05) is 18.2 Å². The normalized spacial score (nSPS) is 12.2. The van der Waals surface area contributed by atoms with E-state index in [0.29, 0.717) is 58.7 Å². The number of nitrogens with zero attached hydrogens (tertiary/aromatic N) is 1. The number of H-pyrrole nitrogens is 1. The molecule has 2 aromatic heterocycles. The highest BCUT2D eigenvalue weighted by atomic mass is 32.1. The van der Waals surface area contributed by atoms with Crippen molar-refractivity contribution in [3.8, 4) is 11.5 Å². The number of anilines is 1. The van der Waals surface area contributed by atoms with E-state index < -0.39 is 5.97 Å². The standard InChI is InChI=1S/C26H23N3O5S2/c1-32-25(31)19-6-2-3-7-20(19)28-26(35)29(15-18-5-4-10-36-18)14-17-11-16-12-22-23(34-9-8-33-22)13-21(16)27-24(17)30/h2-7,10-13H,8-9,14-15H2,1H3,(H,27,30)(H,28,35). The predicted molar refractivity (Wildman–Crippen MR) is 143 cm³/mol. The first-order valence-electron chi connectivity index (χ1n) is 11.2. The highest BCUT2D eigenvalue weighted by Crippen LogP contribution is 2.33. The fourth-order valence-corrected chi connectivity index (χ4v) is 4.93. The molecule has 0 fully saturated rings. The molecule has 1 aliphatic rings. The van der Waals surface area contributed by atoms with Gasteiger partial charge in [-0.3, -0.25) is 4.79 Å². The van der Waals surface area contributed by atoms with Crippen LogP contribution in [-0.4, -0.2) is 41.3 Å². The highest BCUT2D eigenvalue weighted by molar-refractivity contribution is 7.80. The van der Waals surface area contributed by atoms with Crippen LogP contribution in [0.5, 0.6) is 11.5 Å². The second kappa shape index (κ2) is 10.4. The van der Waals surface area contributed by atoms with Crippen LogP contribution in [0.2, 0.25) is 0 Å². The predicted octanol–water partition coefficient (Wildman–Crippen LogP) is 4.55. The molecule has 0 unspecified atom stereocenters. The molecule has 1 aliphatic heterocycles. The average molecular weight is 522 g/mol. The van der Waals surface area contributed by atoms with Gasteiger partial charge in [-0.05, 0) is 47.9 Å². The number of fused-ring (bicyclic) bond motifs is 2. The average Bonchev–Trinajstić information content (AvgIpc) is 3.40. The lowest BCUT2D eigenvalue weighted by Crippen LogP contribution is -2.35. The highest BCUT2D eigenvalue weighted by Gasteiger charge is 2.19. The third-order valence-corrected chi connectivity index (χ3v) is 6.95. The van der Waals surface area contributed by atoms with Gasteiger partial charge in [0.1, 0.15) is 13.2 Å². The van der Waals surface area contributed by atoms with E-state index in [1.807, 2.05) is 40.6 Å². The Balaban J connectivity index is 1.46. The fraction of sp³-hybridized carbons (Fsp3) is 0.192. The van der Waals surface area contributed by atoms with E-state index in [9.17, 15) is 9.59 Å². The van der Waals surface area contributed by atoms with Crippen molar-refractivity contribution in [2.75, 3.05) is 25.6 Å². The van der Waals surface area contributed by atoms with Gasteiger partial charge in [0.2, 0.25) is 0 Å². The number of thiophene rings is 1. The second-order valence-electron chi connectivity index (χ2n) is 8.11. The van der Waals surface area contributed by atoms with Crippen molar-refractivity contribution in [3.05, 3.63) is 86.3 Å². The molecule has 0 saturated carbocycles. The summed E-state index contributed by atoms with van der Waals surface area (Å²) < 4.78 is 16.2. The molecule has 0 amide bonds. The Kier molecular flexibility index (Phi) is 6.88. The van der Waals surface area contributed by atoms with E-state index >= 15 is 0 Å². The van der Waals surface area contributed by atoms with Crippen molar-refractivity contribution in [3.63, 3.8) is 0 Å². The molecule has 4 aromatic rings. The summed E-state index contributed by atoms with van der Waals surface area (Å²) >= 11 is 7.35. The van der Waals surface area contributed by atoms with Crippen LogP contribution in [0.15, 0.2) is 64.8 Å². The lowest BCUT2D eigenvalue weighted by molar-refractivity contribution is 0.0602. The lowest BCUT2D eigenvalue weighted by atomic mass is 10.1. The Hall–Kier alpha value is -3.89. The quantitative estimate of drug-likeness (QED) is 0.282. The molecule has 36 heavy (non-hydrogen) atoms. The molecule has 0 saturated heterocycles. The van der Waals surface area contributed by atoms with Crippen molar-refractivity contribution in [1.82, 2.24) is 9.88 Å². The number of nitrogens with one attached hydrogen (secondary N) is 2. The summed E-state index contributed by atoms with van der Waals surface area (Å²) in [5, 5.41) is 6.37. The number of rotatable bonds is 6. The summed E-state index contributed by atoms with van der Waals surface area (Å²) in [6.45, 7) is 1.70. The minimum atomic E-state index is -0.466. The van der Waals surface area contributed by atoms with Crippen LogP contribution in [-0.2, 0) is 17.8 Å². The summed E-state index contributed by atoms with van der Waals surface area (Å²) in [6.07, 6.45) is 0. The summed E-state index contributed by atoms with van der Waals surface area (Å²) in [5.41, 5.74) is 1.90. The summed E-state index contributed by atoms with van der Waals surface area (Å²) in [6, 6.07) is 16.5. The van der Waals surface area contributed by atoms with Crippen molar-refractivity contribution >= 4 is 51.2 Å². The van der Waals surface area contributed by atoms with E-state index in [-0.39, 0.29) is 12.1 Å². The number of pyridine rings is 1. The van der Waals surface area contributed by atoms with Crippen LogP contribution in [0.4, 0.5) is 5.69 Å². The molecule has 5 rings (SSSR count). The monoisotopic (exact) mass is 521 g/mol. The fourth-order valence-electron chi connectivity index (χ4n) is 3.98. The molecule has 10 heteroatoms. The van der Waals surface area contributed by atoms with Crippen molar-refractivity contribution < 1.29 is 19.0 Å². The number of methoxy groups -OCH3 is 1. The Bertz CT molecular complexity index is 1480. The maximum Gasteiger partial charge on any atom is 0.339 e. The Morgan fingerprint density at radius 2 is 1.89 bits per heavy atom. The van der Waals surface area contributed by atoms with Crippen LogP contribution in [0.25, 0.3) is 10.9 Å². The van der Waals surface area contributed by atoms with Crippen LogP contribution in [0.3, 0.4) is 0 Å². The number of aromatic nitrogens is 1. The zero-order valence-corrected chi connectivity index (χ0v) is 21.0. The molecule has 3 heterocycles. The van der Waals surface area contributed by atoms with Gasteiger partial charge in [-0.2, -0.15) is 0 Å². The zero-order chi connectivity index (χ0) is 25.1. The SMILES string of the molecule is COC(=O)c1ccccc1NC(=S)N(Cc1cccs1)Cc1cc2cc3c(cc2[nH]c1=O)OCCO3. The van der Waals surface area contributed by atoms with Crippen molar-refractivity contribution in [2.24, 2.45) is 0 Å². The van der Waals surface area contributed by atoms with Gasteiger partial charge >= 0.3 is 5.97 Å². The Morgan fingerprint density at radius 1 is 1.11 bits per heavy atom. The molecule has 0 radical (unpaired) electrons. The first kappa shape index (κ1) is 23.8. The maximum absolute atomic E-state index is 13.0. The smallest absolute Gasteiger partial charge is 0.339 e. The summed E-state index contributed by atoms with van der Waals surface area (Å²) in [4.78, 5) is 31.2. The Morgan fingerprint density at radius 3 is 2.64 bits per heavy atom. The minimum absolute atomic E-state index is 0.215. The first-order chi connectivity index (χ1) is 17.5. The molecule has 0 aliphatic carbocycles. The number of hydrogen-bond donors (Lipinski definition) is 2. The van der Waals surface area contributed by atoms with Crippen LogP contribution < -0.4 is 20.3 Å². The number of ether oxygens (including phenoxy) is 3. The van der Waals surface area contributed by atoms with E-state index in [1.54, 1.807) is 35.6 Å². The van der Waals surface area contributed by atoms with E-state index in [1.165, 1.54) is 7.11 Å². The molecular weight excluding hydrogens is 498 g/mol. The number of benzene rings is 2. The number of carbonyl (C=O) groups is 1. The van der Waals surface area contributed by atoms with Gasteiger partial charge in [0.15, 0.2) is 16.6 Å². The van der Waals surface area contributed by atoms with Crippen molar-refractivity contribution in [2.45, 2.75) is 13.1 Å². The third kappa shape index (κ3) is 5.05. The number of hydrogen-bond acceptors (Lipinski definition) is 7. The van der Waals surface area contributed by atoms with Crippen molar-refractivity contribution in [1.29, 1.82) is 0 Å². The summed E-state index contributed by atoms with van der Waals surface area (Å²) in [7, 11) is 1.33. The maximum atomic E-state index is 13.0. The number of aromatic amines is 1. The molecule has 0 atom stereocenters. The van der Waals surface area contributed by atoms with Gasteiger partial charge in [0.25, 0.3) is 5.56 Å². The van der Waals surface area contributed by atoms with E-state index in [2.05, 4.69) is 10.3 Å². The van der Waals surface area contributed by atoms with E-state index in [0.717, 1.165) is 10.3 Å². The number of para-hydroxylation sites is 1. The lowest BCUT2D eigenvalue weighted by Gasteiger charge is -2.26. The van der Waals surface area contributed by atoms with Gasteiger partial charge in [-0.15, -0.1) is 11.3 Å². The molecule has 2 N–H and O–H groups in total. The van der Waals surface area contributed by atoms with Gasteiger partial charge < -0.3 is 29.4 Å².